The Balaban J connectivity index is 5.65. The van der Waals surface area contributed by atoms with Crippen molar-refractivity contribution in [2.75, 3.05) is 60.5 Å². The minimum absolute atomic E-state index is 0.0576. The van der Waals surface area contributed by atoms with E-state index in [1.54, 1.807) is 48.5 Å². The number of methoxy groups -OCH3 is 2. The van der Waals surface area contributed by atoms with Gasteiger partial charge in [0.2, 0.25) is 0 Å². The normalized spacial score (nSPS) is 14.7. The van der Waals surface area contributed by atoms with Gasteiger partial charge in [-0.3, -0.25) is 9.59 Å². The van der Waals surface area contributed by atoms with Gasteiger partial charge in [0.25, 0.3) is 6.29 Å². The van der Waals surface area contributed by atoms with E-state index in [-0.39, 0.29) is 52.7 Å². The summed E-state index contributed by atoms with van der Waals surface area (Å²) in [4.78, 5) is 25.5. The van der Waals surface area contributed by atoms with Crippen molar-refractivity contribution in [2.45, 2.75) is 85.5 Å². The van der Waals surface area contributed by atoms with E-state index in [0.717, 1.165) is 0 Å². The van der Waals surface area contributed by atoms with Gasteiger partial charge >= 0.3 is 29.9 Å². The molecule has 0 heterocycles. The Bertz CT molecular complexity index is 596. The summed E-state index contributed by atoms with van der Waals surface area (Å²) in [6, 6.07) is 0. The van der Waals surface area contributed by atoms with Crippen LogP contribution in [0.1, 0.15) is 61.3 Å². The zero-order valence-corrected chi connectivity index (χ0v) is 23.7. The van der Waals surface area contributed by atoms with Crippen LogP contribution in [0.15, 0.2) is 0 Å². The molecule has 0 aromatic carbocycles. The second kappa shape index (κ2) is 18.8. The lowest BCUT2D eigenvalue weighted by Crippen LogP contribution is -2.64. The molecule has 0 aliphatic rings. The van der Waals surface area contributed by atoms with E-state index < -0.39 is 42.6 Å². The first kappa shape index (κ1) is 35.6. The van der Waals surface area contributed by atoms with Gasteiger partial charge in [0.05, 0.1) is 19.4 Å². The summed E-state index contributed by atoms with van der Waals surface area (Å²) < 4.78 is 61.2. The molecule has 13 heteroatoms. The van der Waals surface area contributed by atoms with Crippen molar-refractivity contribution in [1.29, 1.82) is 0 Å². The van der Waals surface area contributed by atoms with Crippen molar-refractivity contribution in [1.82, 2.24) is 0 Å². The highest BCUT2D eigenvalue weighted by molar-refractivity contribution is 5.77. The molecule has 0 amide bonds. The quantitative estimate of drug-likeness (QED) is 0.138. The van der Waals surface area contributed by atoms with Crippen LogP contribution in [0.25, 0.3) is 0 Å². The molecule has 37 heavy (non-hydrogen) atoms. The molecule has 0 aromatic rings. The third-order valence-electron chi connectivity index (χ3n) is 4.54. The Hall–Kier alpha value is -1.42. The molecular formula is C24H46O13. The number of ether oxygens (including phenoxy) is 11. The lowest BCUT2D eigenvalue weighted by Gasteiger charge is -2.44. The fraction of sp³-hybridized carbons (Fsp3) is 0.917. The van der Waals surface area contributed by atoms with E-state index in [0.29, 0.717) is 0 Å². The Labute approximate surface area is 220 Å². The highest BCUT2D eigenvalue weighted by Crippen LogP contribution is 2.36. The Morgan fingerprint density at radius 3 is 1.30 bits per heavy atom. The first-order valence-electron chi connectivity index (χ1n) is 12.7. The lowest BCUT2D eigenvalue weighted by atomic mass is 10.3. The van der Waals surface area contributed by atoms with Crippen LogP contribution in [0.5, 0.6) is 0 Å². The van der Waals surface area contributed by atoms with Crippen LogP contribution in [0, 0.1) is 0 Å². The van der Waals surface area contributed by atoms with E-state index in [2.05, 4.69) is 0 Å². The predicted molar refractivity (Wildman–Crippen MR) is 129 cm³/mol. The second-order valence-electron chi connectivity index (χ2n) is 6.98. The Kier molecular flexibility index (Phi) is 18.0. The largest absolute Gasteiger partial charge is 0.427 e. The van der Waals surface area contributed by atoms with Gasteiger partial charge in [-0.2, -0.15) is 0 Å². The van der Waals surface area contributed by atoms with Gasteiger partial charge in [-0.05, 0) is 48.5 Å². The zero-order chi connectivity index (χ0) is 28.4. The van der Waals surface area contributed by atoms with Crippen molar-refractivity contribution in [2.24, 2.45) is 0 Å². The third-order valence-corrected chi connectivity index (χ3v) is 4.54. The molecule has 0 fully saturated rings. The van der Waals surface area contributed by atoms with Gasteiger partial charge in [-0.15, -0.1) is 0 Å². The topological polar surface area (TPSA) is 136 Å². The van der Waals surface area contributed by atoms with Crippen LogP contribution < -0.4 is 0 Å². The number of rotatable bonds is 23. The maximum absolute atomic E-state index is 12.9. The van der Waals surface area contributed by atoms with Gasteiger partial charge < -0.3 is 52.1 Å². The molecule has 0 radical (unpaired) electrons. The number of esters is 2. The second-order valence-corrected chi connectivity index (χ2v) is 6.98. The van der Waals surface area contributed by atoms with Gasteiger partial charge in [-0.1, -0.05) is 0 Å². The maximum atomic E-state index is 12.9. The van der Waals surface area contributed by atoms with E-state index in [9.17, 15) is 9.59 Å². The van der Waals surface area contributed by atoms with Crippen molar-refractivity contribution >= 4 is 11.9 Å². The fourth-order valence-electron chi connectivity index (χ4n) is 3.34. The van der Waals surface area contributed by atoms with E-state index in [1.165, 1.54) is 14.2 Å². The summed E-state index contributed by atoms with van der Waals surface area (Å²) in [5.74, 6) is -7.66. The maximum Gasteiger partial charge on any atom is 0.416 e. The summed E-state index contributed by atoms with van der Waals surface area (Å²) >= 11 is 0. The minimum atomic E-state index is -2.21. The molecule has 0 saturated heterocycles. The highest BCUT2D eigenvalue weighted by atomic mass is 17.0. The van der Waals surface area contributed by atoms with Crippen molar-refractivity contribution in [3.63, 3.8) is 0 Å². The summed E-state index contributed by atoms with van der Waals surface area (Å²) in [5, 5.41) is 0. The Morgan fingerprint density at radius 2 is 0.946 bits per heavy atom. The van der Waals surface area contributed by atoms with Crippen molar-refractivity contribution in [3.05, 3.63) is 0 Å². The van der Waals surface area contributed by atoms with Crippen LogP contribution in [-0.2, 0) is 61.7 Å². The Morgan fingerprint density at radius 1 is 0.568 bits per heavy atom. The fourth-order valence-corrected chi connectivity index (χ4v) is 3.34. The number of hydrogen-bond acceptors (Lipinski definition) is 13. The van der Waals surface area contributed by atoms with Crippen LogP contribution in [-0.4, -0.2) is 96.6 Å². The molecule has 13 nitrogen and oxygen atoms in total. The minimum Gasteiger partial charge on any atom is -0.427 e. The first-order chi connectivity index (χ1) is 17.7. The molecule has 0 aromatic heterocycles. The SMILES string of the molecule is CCOC(OCC)(OCC)C(OC)OC(=O)CCC(=O)OC(OC)(OCC)C(OCC)(OCC)OCC. The van der Waals surface area contributed by atoms with Crippen molar-refractivity contribution < 1.29 is 61.7 Å². The average Bonchev–Trinajstić information content (AvgIpc) is 2.86. The van der Waals surface area contributed by atoms with E-state index >= 15 is 0 Å². The molecule has 0 bridgehead atoms. The molecule has 0 N–H and O–H groups in total. The molecule has 0 aliphatic carbocycles. The van der Waals surface area contributed by atoms with Gasteiger partial charge in [0.15, 0.2) is 0 Å². The monoisotopic (exact) mass is 542 g/mol. The van der Waals surface area contributed by atoms with Gasteiger partial charge in [0, 0.05) is 53.9 Å². The van der Waals surface area contributed by atoms with E-state index in [1.807, 2.05) is 0 Å². The highest BCUT2D eigenvalue weighted by Gasteiger charge is 2.62. The summed E-state index contributed by atoms with van der Waals surface area (Å²) in [6.45, 7) is 13.0. The summed E-state index contributed by atoms with van der Waals surface area (Å²) in [5.41, 5.74) is 0. The number of hydrogen-bond donors (Lipinski definition) is 0. The van der Waals surface area contributed by atoms with Crippen LogP contribution >= 0.6 is 0 Å². The standard InChI is InChI=1S/C24H46O13/c1-10-29-22(30-11-2,31-12-3)21(27-8)36-19(25)17-18-20(26)37-23(28-9,32-13-4)24(33-14-5,34-15-6)35-16-7/h21H,10-18H2,1-9H3. The zero-order valence-electron chi connectivity index (χ0n) is 23.7. The van der Waals surface area contributed by atoms with Crippen LogP contribution in [0.3, 0.4) is 0 Å². The molecule has 0 aliphatic heterocycles. The average molecular weight is 543 g/mol. The van der Waals surface area contributed by atoms with Crippen molar-refractivity contribution in [3.8, 4) is 0 Å². The summed E-state index contributed by atoms with van der Waals surface area (Å²) in [6.07, 6.45) is -2.15. The number of carbonyl (C=O) groups excluding carboxylic acids is 2. The molecule has 2 atom stereocenters. The molecule has 2 unspecified atom stereocenters. The van der Waals surface area contributed by atoms with Gasteiger partial charge in [0.1, 0.15) is 0 Å². The van der Waals surface area contributed by atoms with Crippen LogP contribution in [0.4, 0.5) is 0 Å². The predicted octanol–water partition coefficient (Wildman–Crippen LogP) is 2.69. The van der Waals surface area contributed by atoms with E-state index in [4.69, 9.17) is 52.1 Å². The number of carbonyl (C=O) groups is 2. The molecule has 0 rings (SSSR count). The van der Waals surface area contributed by atoms with Crippen LogP contribution in [0.2, 0.25) is 0 Å². The molecule has 0 spiro atoms. The smallest absolute Gasteiger partial charge is 0.416 e. The summed E-state index contributed by atoms with van der Waals surface area (Å²) in [7, 11) is 2.56. The molecule has 0 saturated carbocycles. The molecule has 220 valence electrons. The molecular weight excluding hydrogens is 496 g/mol. The third kappa shape index (κ3) is 10.0. The van der Waals surface area contributed by atoms with Gasteiger partial charge in [-0.25, -0.2) is 0 Å². The first-order valence-corrected chi connectivity index (χ1v) is 12.7. The lowest BCUT2D eigenvalue weighted by molar-refractivity contribution is -0.546.